The van der Waals surface area contributed by atoms with Crippen LogP contribution in [0.1, 0.15) is 44.5 Å². The predicted octanol–water partition coefficient (Wildman–Crippen LogP) is 4.23. The van der Waals surface area contributed by atoms with E-state index in [1.54, 1.807) is 74.5 Å². The van der Waals surface area contributed by atoms with Gasteiger partial charge in [-0.15, -0.1) is 0 Å². The van der Waals surface area contributed by atoms with Gasteiger partial charge in [-0.25, -0.2) is 11.0 Å². The number of fused-ring (bicyclic) bond motifs is 2. The molecule has 2 aliphatic rings. The smallest absolute Gasteiger partial charge is 0.281 e. The van der Waals surface area contributed by atoms with Gasteiger partial charge in [-0.05, 0) is 58.4 Å². The molecule has 4 aromatic rings. The molecule has 0 heterocycles. The summed E-state index contributed by atoms with van der Waals surface area (Å²) in [6.07, 6.45) is 0. The lowest BCUT2D eigenvalue weighted by atomic mass is 9.73. The Balaban J connectivity index is 1.54. The zero-order chi connectivity index (χ0) is 38.0. The Morgan fingerprint density at radius 2 is 1.00 bits per heavy atom. The first-order valence-electron chi connectivity index (χ1n) is 16.0. The zero-order valence-corrected chi connectivity index (χ0v) is 28.3. The molecule has 0 spiro atoms. The highest BCUT2D eigenvalue weighted by atomic mass is 32.2. The number of hydrogen-bond donors (Lipinski definition) is 8. The van der Waals surface area contributed by atoms with Crippen molar-refractivity contribution in [2.75, 3.05) is 0 Å². The van der Waals surface area contributed by atoms with Gasteiger partial charge in [0, 0.05) is 11.1 Å². The molecule has 6 rings (SSSR count). The van der Waals surface area contributed by atoms with E-state index in [4.69, 9.17) is 25.8 Å². The van der Waals surface area contributed by atoms with E-state index >= 15 is 0 Å². The summed E-state index contributed by atoms with van der Waals surface area (Å²) >= 11 is 0. The number of nitrogens with zero attached hydrogens (tertiary/aromatic N) is 2. The maximum atomic E-state index is 13.6. The Morgan fingerprint density at radius 3 is 1.32 bits per heavy atom. The van der Waals surface area contributed by atoms with Gasteiger partial charge in [0.2, 0.25) is 2.82 Å². The molecule has 0 aliphatic heterocycles. The van der Waals surface area contributed by atoms with E-state index in [-0.39, 0.29) is 56.2 Å². The molecule has 0 saturated heterocycles. The topological polar surface area (TPSA) is 285 Å². The largest absolute Gasteiger partial charge is 0.397 e. The van der Waals surface area contributed by atoms with Crippen molar-refractivity contribution >= 4 is 31.6 Å². The highest BCUT2D eigenvalue weighted by Gasteiger charge is 2.58. The standard InChI is InChI=1S/C34H34N8O6S2/c1-17-15-19(11-13-23(17)33(49(43,44)45)25-9-5-3-7-21(25)27(35)29(41-39)31(33)37)20-12-14-24(18(2)16-20)34(50(46,47)48)26-10-6-4-8-22(26)28(36)30(42-40)32(34)38/h3-16,31-32,39-40H,35-38H2,1-2H3,(H,43,44,45)(H,46,47,48)/b41-39+,42-40+. The van der Waals surface area contributed by atoms with Crippen molar-refractivity contribution in [3.8, 4) is 11.1 Å². The number of rotatable bonds is 7. The summed E-state index contributed by atoms with van der Waals surface area (Å²) in [5, 5.41) is 7.47. The maximum Gasteiger partial charge on any atom is 0.281 e. The lowest BCUT2D eigenvalue weighted by Crippen LogP contribution is -2.55. The van der Waals surface area contributed by atoms with Gasteiger partial charge < -0.3 is 22.9 Å². The maximum absolute atomic E-state index is 13.6. The van der Waals surface area contributed by atoms with Gasteiger partial charge >= 0.3 is 0 Å². The molecule has 0 saturated carbocycles. The lowest BCUT2D eigenvalue weighted by molar-refractivity contribution is 0.422. The van der Waals surface area contributed by atoms with Crippen LogP contribution in [-0.2, 0) is 29.7 Å². The van der Waals surface area contributed by atoms with Crippen molar-refractivity contribution in [1.29, 1.82) is 11.0 Å². The predicted molar refractivity (Wildman–Crippen MR) is 187 cm³/mol. The first-order valence-corrected chi connectivity index (χ1v) is 17.9. The second-order valence-corrected chi connectivity index (χ2v) is 15.5. The van der Waals surface area contributed by atoms with Crippen LogP contribution in [0.15, 0.2) is 107 Å². The molecule has 2 aliphatic carbocycles. The molecule has 0 aromatic heterocycles. The SMILES string of the molecule is [H]/N=N/C1=C(N)c2ccccc2C(c2ccc(-c3ccc(C4(S(=O)(=O)O)c5ccccc5C(N)=C(/N=N/[H])C4N)c(C)c3)cc2C)(S(=O)(=O)O)C1N. The van der Waals surface area contributed by atoms with E-state index in [0.717, 1.165) is 0 Å². The summed E-state index contributed by atoms with van der Waals surface area (Å²) in [7, 11) is -10.1. The Kier molecular flexibility index (Phi) is 7.55. The summed E-state index contributed by atoms with van der Waals surface area (Å²) in [4.78, 5) is 0. The summed E-state index contributed by atoms with van der Waals surface area (Å²) in [5.74, 6) is 0. The normalized spacial score (nSPS) is 24.7. The summed E-state index contributed by atoms with van der Waals surface area (Å²) in [6, 6.07) is 19.0. The molecular formula is C34H34N8O6S2. The van der Waals surface area contributed by atoms with Crippen molar-refractivity contribution < 1.29 is 28.8 Å². The average molecular weight is 715 g/mol. The zero-order valence-electron chi connectivity index (χ0n) is 28.7. The van der Waals surface area contributed by atoms with Gasteiger partial charge in [0.05, 0.1) is 23.5 Å². The van der Waals surface area contributed by atoms with Crippen molar-refractivity contribution in [2.24, 2.45) is 33.2 Å². The highest BCUT2D eigenvalue weighted by Crippen LogP contribution is 2.52. The van der Waals surface area contributed by atoms with Crippen molar-refractivity contribution in [2.45, 2.75) is 35.4 Å². The van der Waals surface area contributed by atoms with E-state index in [0.29, 0.717) is 22.3 Å². The minimum Gasteiger partial charge on any atom is -0.397 e. The molecule has 50 heavy (non-hydrogen) atoms. The van der Waals surface area contributed by atoms with Crippen LogP contribution in [0.3, 0.4) is 0 Å². The fourth-order valence-corrected chi connectivity index (χ4v) is 10.5. The van der Waals surface area contributed by atoms with Crippen molar-refractivity contribution in [3.05, 3.63) is 141 Å². The molecule has 0 fully saturated rings. The number of aryl methyl sites for hydroxylation is 2. The van der Waals surface area contributed by atoms with E-state index in [2.05, 4.69) is 21.3 Å². The van der Waals surface area contributed by atoms with Crippen LogP contribution in [0.5, 0.6) is 0 Å². The van der Waals surface area contributed by atoms with Crippen LogP contribution in [0.25, 0.3) is 22.5 Å². The van der Waals surface area contributed by atoms with Crippen molar-refractivity contribution in [3.63, 3.8) is 0 Å². The first-order chi connectivity index (χ1) is 24.5. The number of hydrogen-bond acceptors (Lipinski definition) is 12. The monoisotopic (exact) mass is 714 g/mol. The molecule has 4 aromatic carbocycles. The molecule has 0 radical (unpaired) electrons. The van der Waals surface area contributed by atoms with Crippen LogP contribution < -0.4 is 22.9 Å². The van der Waals surface area contributed by atoms with Gasteiger partial charge in [-0.3, -0.25) is 9.11 Å². The van der Waals surface area contributed by atoms with Crippen LogP contribution in [-0.4, -0.2) is 38.0 Å². The highest BCUT2D eigenvalue weighted by molar-refractivity contribution is 7.87. The lowest BCUT2D eigenvalue weighted by Gasteiger charge is -2.42. The second-order valence-electron chi connectivity index (χ2n) is 12.3. The van der Waals surface area contributed by atoms with Crippen LogP contribution in [0, 0.1) is 24.9 Å². The third-order valence-corrected chi connectivity index (χ3v) is 12.9. The van der Waals surface area contributed by atoms with E-state index in [9.17, 15) is 25.9 Å². The fraction of sp³-hybridized carbons (Fsp3) is 0.176. The molecule has 4 unspecified atom stereocenters. The second kappa shape index (κ2) is 11.8. The third-order valence-electron chi connectivity index (χ3n) is 9.87. The molecular weight excluding hydrogens is 681 g/mol. The minimum absolute atomic E-state index is 0.0132. The fourth-order valence-electron chi connectivity index (χ4n) is 7.67. The van der Waals surface area contributed by atoms with E-state index in [1.807, 2.05) is 0 Å². The minimum atomic E-state index is -5.07. The number of nitrogens with one attached hydrogen (secondary N) is 2. The molecule has 4 atom stereocenters. The van der Waals surface area contributed by atoms with Gasteiger partial charge in [0.25, 0.3) is 20.2 Å². The number of benzene rings is 4. The molecule has 16 heteroatoms. The van der Waals surface area contributed by atoms with Gasteiger partial charge in [-0.2, -0.15) is 27.1 Å². The van der Waals surface area contributed by atoms with Crippen LogP contribution in [0.4, 0.5) is 0 Å². The van der Waals surface area contributed by atoms with Gasteiger partial charge in [0.15, 0.2) is 9.49 Å². The van der Waals surface area contributed by atoms with E-state index in [1.165, 1.54) is 24.3 Å². The van der Waals surface area contributed by atoms with Crippen molar-refractivity contribution in [1.82, 2.24) is 0 Å². The molecule has 0 bridgehead atoms. The van der Waals surface area contributed by atoms with Crippen LogP contribution in [0.2, 0.25) is 2.82 Å². The summed E-state index contributed by atoms with van der Waals surface area (Å²) < 4.78 is 86.3. The Bertz CT molecular complexity index is 2340. The molecule has 0 amide bonds. The Hall–Kier alpha value is -5.10. The quantitative estimate of drug-likeness (QED) is 0.0995. The first kappa shape index (κ1) is 32.1. The van der Waals surface area contributed by atoms with E-state index < -0.39 is 41.8 Å². The molecule has 14 nitrogen and oxygen atoms in total. The molecule has 258 valence electrons. The van der Waals surface area contributed by atoms with Crippen LogP contribution >= 0.6 is 0 Å². The Morgan fingerprint density at radius 1 is 0.640 bits per heavy atom. The van der Waals surface area contributed by atoms with Gasteiger partial charge in [-0.1, -0.05) is 84.9 Å². The third kappa shape index (κ3) is 4.53. The molecule has 12 N–H and O–H groups in total. The number of nitrogens with two attached hydrogens (primary N) is 4. The van der Waals surface area contributed by atoms with Gasteiger partial charge in [0.1, 0.15) is 11.4 Å². The summed E-state index contributed by atoms with van der Waals surface area (Å²) in [5.41, 5.74) is 34.5. The Labute approximate surface area is 291 Å². The average Bonchev–Trinajstić information content (AvgIpc) is 3.09. The summed E-state index contributed by atoms with van der Waals surface area (Å²) in [6.45, 7) is 3.28.